The molecule has 26 heavy (non-hydrogen) atoms. The van der Waals surface area contributed by atoms with Gasteiger partial charge in [0.15, 0.2) is 0 Å². The lowest BCUT2D eigenvalue weighted by Gasteiger charge is -2.27. The molecule has 5 rings (SSSR count). The fourth-order valence-corrected chi connectivity index (χ4v) is 3.57. The molecule has 0 spiro atoms. The van der Waals surface area contributed by atoms with Crippen molar-refractivity contribution in [3.05, 3.63) is 58.5 Å². The van der Waals surface area contributed by atoms with Gasteiger partial charge in [0.05, 0.1) is 18.4 Å². The molecule has 0 unspecified atom stereocenters. The van der Waals surface area contributed by atoms with Gasteiger partial charge >= 0.3 is 5.97 Å². The number of fused-ring (bicyclic) bond motifs is 2. The van der Waals surface area contributed by atoms with Crippen molar-refractivity contribution in [2.45, 2.75) is 5.92 Å². The van der Waals surface area contributed by atoms with E-state index in [0.717, 1.165) is 11.3 Å². The second kappa shape index (κ2) is 5.29. The molecule has 1 atom stereocenters. The molecule has 130 valence electrons. The summed E-state index contributed by atoms with van der Waals surface area (Å²) in [6.07, 6.45) is 0. The minimum absolute atomic E-state index is 0.138. The van der Waals surface area contributed by atoms with Crippen molar-refractivity contribution in [2.75, 3.05) is 19.0 Å². The molecule has 0 saturated carbocycles. The molecule has 0 fully saturated rings. The number of anilines is 1. The Hall–Kier alpha value is -3.42. The van der Waals surface area contributed by atoms with E-state index in [2.05, 4.69) is 20.7 Å². The fraction of sp³-hybridized carbons (Fsp3) is 0.167. The summed E-state index contributed by atoms with van der Waals surface area (Å²) in [5, 5.41) is 14.0. The number of carbonyl (C=O) groups excluding carboxylic acids is 1. The van der Waals surface area contributed by atoms with Crippen LogP contribution in [0.15, 0.2) is 41.6 Å². The van der Waals surface area contributed by atoms with Crippen LogP contribution in [0.5, 0.6) is 5.75 Å². The first kappa shape index (κ1) is 14.9. The van der Waals surface area contributed by atoms with Crippen LogP contribution in [0.2, 0.25) is 0 Å². The Morgan fingerprint density at radius 1 is 1.19 bits per heavy atom. The summed E-state index contributed by atoms with van der Waals surface area (Å²) in [7, 11) is 1.48. The minimum atomic E-state index is -0.594. The molecule has 3 heterocycles. The summed E-state index contributed by atoms with van der Waals surface area (Å²) >= 11 is 0. The van der Waals surface area contributed by atoms with Crippen LogP contribution in [0.1, 0.15) is 17.0 Å². The van der Waals surface area contributed by atoms with Gasteiger partial charge in [0.1, 0.15) is 29.2 Å². The van der Waals surface area contributed by atoms with E-state index in [1.54, 1.807) is 12.1 Å². The second-order valence-corrected chi connectivity index (χ2v) is 6.17. The van der Waals surface area contributed by atoms with E-state index in [-0.39, 0.29) is 6.61 Å². The lowest BCUT2D eigenvalue weighted by Crippen LogP contribution is -2.20. The van der Waals surface area contributed by atoms with Gasteiger partial charge in [-0.25, -0.2) is 9.18 Å². The van der Waals surface area contributed by atoms with Gasteiger partial charge in [-0.1, -0.05) is 6.07 Å². The van der Waals surface area contributed by atoms with Gasteiger partial charge < -0.3 is 14.8 Å². The Morgan fingerprint density at radius 3 is 2.77 bits per heavy atom. The monoisotopic (exact) mass is 352 g/mol. The maximum atomic E-state index is 14.8. The molecule has 2 aliphatic heterocycles. The highest BCUT2D eigenvalue weighted by molar-refractivity contribution is 5.98. The number of hydrogen-bond donors (Lipinski definition) is 2. The van der Waals surface area contributed by atoms with Crippen molar-refractivity contribution in [2.24, 2.45) is 0 Å². The first-order valence-corrected chi connectivity index (χ1v) is 8.01. The molecule has 0 bridgehead atoms. The Bertz CT molecular complexity index is 1110. The lowest BCUT2D eigenvalue weighted by atomic mass is 9.80. The van der Waals surface area contributed by atoms with Gasteiger partial charge in [-0.15, -0.1) is 0 Å². The molecule has 0 amide bonds. The summed E-state index contributed by atoms with van der Waals surface area (Å²) in [6.45, 7) is 0.138. The zero-order chi connectivity index (χ0) is 17.8. The molecule has 0 aliphatic carbocycles. The zero-order valence-corrected chi connectivity index (χ0v) is 13.7. The van der Waals surface area contributed by atoms with E-state index < -0.39 is 17.7 Å². The molecule has 2 N–H and O–H groups in total. The average Bonchev–Trinajstić information content (AvgIpc) is 3.24. The summed E-state index contributed by atoms with van der Waals surface area (Å²) in [5.41, 5.74) is 4.26. The predicted molar refractivity (Wildman–Crippen MR) is 90.3 cm³/mol. The standard InChI is InChI=1S/C18H13FN4O3/c1-25-8-2-3-9(11(19)4-8)16-10-5-13-14(22-23-21-13)6-12(10)20-15-7-26-18(24)17(15)16/h2-6,16,20H,7H2,1H3,(H,21,22,23)/t16-/m0/s1. The zero-order valence-electron chi connectivity index (χ0n) is 13.7. The number of carbonyl (C=O) groups is 1. The summed E-state index contributed by atoms with van der Waals surface area (Å²) in [4.78, 5) is 12.3. The molecular weight excluding hydrogens is 339 g/mol. The van der Waals surface area contributed by atoms with Gasteiger partial charge in [0.2, 0.25) is 0 Å². The summed E-state index contributed by atoms with van der Waals surface area (Å²) in [5.74, 6) is -1.08. The van der Waals surface area contributed by atoms with Gasteiger partial charge in [0, 0.05) is 23.2 Å². The van der Waals surface area contributed by atoms with E-state index in [1.807, 2.05) is 12.1 Å². The third-order valence-corrected chi connectivity index (χ3v) is 4.78. The molecule has 8 heteroatoms. The molecule has 2 aliphatic rings. The third-order valence-electron chi connectivity index (χ3n) is 4.78. The topological polar surface area (TPSA) is 89.1 Å². The smallest absolute Gasteiger partial charge is 0.337 e. The number of nitrogens with one attached hydrogen (secondary N) is 2. The number of aromatic amines is 1. The average molecular weight is 352 g/mol. The third kappa shape index (κ3) is 2.01. The predicted octanol–water partition coefficient (Wildman–Crippen LogP) is 2.47. The number of ether oxygens (including phenoxy) is 2. The van der Waals surface area contributed by atoms with Crippen molar-refractivity contribution in [1.29, 1.82) is 0 Å². The van der Waals surface area contributed by atoms with Crippen molar-refractivity contribution >= 4 is 22.7 Å². The van der Waals surface area contributed by atoms with Crippen molar-refractivity contribution < 1.29 is 18.7 Å². The molecule has 0 saturated heterocycles. The number of rotatable bonds is 2. The van der Waals surface area contributed by atoms with E-state index >= 15 is 0 Å². The maximum absolute atomic E-state index is 14.8. The lowest BCUT2D eigenvalue weighted by molar-refractivity contribution is -0.136. The first-order valence-electron chi connectivity index (χ1n) is 8.01. The molecule has 3 aromatic rings. The maximum Gasteiger partial charge on any atom is 0.337 e. The quantitative estimate of drug-likeness (QED) is 0.689. The van der Waals surface area contributed by atoms with Crippen LogP contribution in [0.4, 0.5) is 10.1 Å². The van der Waals surface area contributed by atoms with Crippen molar-refractivity contribution in [1.82, 2.24) is 15.4 Å². The summed E-state index contributed by atoms with van der Waals surface area (Å²) < 4.78 is 25.1. The normalized spacial score (nSPS) is 18.4. The van der Waals surface area contributed by atoms with Gasteiger partial charge in [0.25, 0.3) is 0 Å². The number of halogens is 1. The highest BCUT2D eigenvalue weighted by Crippen LogP contribution is 2.46. The van der Waals surface area contributed by atoms with Crippen LogP contribution in [0.25, 0.3) is 11.0 Å². The van der Waals surface area contributed by atoms with E-state index in [1.165, 1.54) is 13.2 Å². The number of cyclic esters (lactones) is 1. The Morgan fingerprint density at radius 2 is 2.00 bits per heavy atom. The Kier molecular flexibility index (Phi) is 3.03. The number of nitrogens with zero attached hydrogens (tertiary/aromatic N) is 2. The van der Waals surface area contributed by atoms with Crippen LogP contribution < -0.4 is 10.1 Å². The highest BCUT2D eigenvalue weighted by atomic mass is 19.1. The number of benzene rings is 2. The number of esters is 1. The van der Waals surface area contributed by atoms with Gasteiger partial charge in [-0.2, -0.15) is 15.4 Å². The molecule has 7 nitrogen and oxygen atoms in total. The SMILES string of the molecule is COc1ccc([C@@H]2C3=C(COC3=O)Nc3cc4n[nH]nc4cc32)c(F)c1. The number of methoxy groups -OCH3 is 1. The molecule has 2 aromatic carbocycles. The van der Waals surface area contributed by atoms with Crippen molar-refractivity contribution in [3.63, 3.8) is 0 Å². The van der Waals surface area contributed by atoms with E-state index in [4.69, 9.17) is 9.47 Å². The molecular formula is C18H13FN4O3. The van der Waals surface area contributed by atoms with Crippen LogP contribution in [0.3, 0.4) is 0 Å². The van der Waals surface area contributed by atoms with E-state index in [9.17, 15) is 9.18 Å². The van der Waals surface area contributed by atoms with Crippen LogP contribution in [0, 0.1) is 5.82 Å². The number of aromatic nitrogens is 3. The van der Waals surface area contributed by atoms with E-state index in [0.29, 0.717) is 33.6 Å². The number of hydrogen-bond acceptors (Lipinski definition) is 6. The van der Waals surface area contributed by atoms with Crippen LogP contribution in [-0.4, -0.2) is 35.1 Å². The molecule has 0 radical (unpaired) electrons. The Balaban J connectivity index is 1.77. The van der Waals surface area contributed by atoms with Crippen molar-refractivity contribution in [3.8, 4) is 5.75 Å². The number of H-pyrrole nitrogens is 1. The largest absolute Gasteiger partial charge is 0.497 e. The first-order chi connectivity index (χ1) is 12.7. The van der Waals surface area contributed by atoms with Crippen LogP contribution >= 0.6 is 0 Å². The highest BCUT2D eigenvalue weighted by Gasteiger charge is 2.39. The molecule has 1 aromatic heterocycles. The van der Waals surface area contributed by atoms with Gasteiger partial charge in [-0.05, 0) is 23.8 Å². The Labute approximate surface area is 146 Å². The van der Waals surface area contributed by atoms with Gasteiger partial charge in [-0.3, -0.25) is 0 Å². The summed E-state index contributed by atoms with van der Waals surface area (Å²) in [6, 6.07) is 8.26. The minimum Gasteiger partial charge on any atom is -0.497 e. The fourth-order valence-electron chi connectivity index (χ4n) is 3.57. The van der Waals surface area contributed by atoms with Crippen LogP contribution in [-0.2, 0) is 9.53 Å². The second-order valence-electron chi connectivity index (χ2n) is 6.17.